The van der Waals surface area contributed by atoms with Gasteiger partial charge in [-0.3, -0.25) is 4.79 Å². The summed E-state index contributed by atoms with van der Waals surface area (Å²) in [7, 11) is 0. The van der Waals surface area contributed by atoms with Crippen molar-refractivity contribution in [3.63, 3.8) is 0 Å². The van der Waals surface area contributed by atoms with Crippen LogP contribution < -0.4 is 5.32 Å². The molecule has 7 nitrogen and oxygen atoms in total. The third-order valence-corrected chi connectivity index (χ3v) is 4.40. The van der Waals surface area contributed by atoms with Gasteiger partial charge in [0.25, 0.3) is 0 Å². The standard InChI is InChI=1S/C18H19FN4O3.C2H6/c1-11(24)23-7-5-14(6-8-23)21-18-20-10-15(19)16(22-18)12-3-2-4-13(9-12)17(25)26;1-2/h2-4,9-10,14H,5-8H2,1H3,(H,25,26)(H,20,21,22);1-2H3. The molecule has 0 spiro atoms. The van der Waals surface area contributed by atoms with Crippen molar-refractivity contribution in [1.82, 2.24) is 14.9 Å². The average Bonchev–Trinajstić information content (AvgIpc) is 2.71. The van der Waals surface area contributed by atoms with E-state index in [1.807, 2.05) is 13.8 Å². The monoisotopic (exact) mass is 388 g/mol. The molecule has 1 amide bonds. The van der Waals surface area contributed by atoms with Crippen LogP contribution in [0.15, 0.2) is 30.5 Å². The van der Waals surface area contributed by atoms with Gasteiger partial charge >= 0.3 is 5.97 Å². The molecular weight excluding hydrogens is 363 g/mol. The van der Waals surface area contributed by atoms with Crippen LogP contribution in [-0.4, -0.2) is 51.0 Å². The summed E-state index contributed by atoms with van der Waals surface area (Å²) >= 11 is 0. The van der Waals surface area contributed by atoms with Crippen molar-refractivity contribution in [3.8, 4) is 11.3 Å². The third-order valence-electron chi connectivity index (χ3n) is 4.40. The van der Waals surface area contributed by atoms with Gasteiger partial charge in [-0.1, -0.05) is 26.0 Å². The fraction of sp³-hybridized carbons (Fsp3) is 0.400. The van der Waals surface area contributed by atoms with Gasteiger partial charge in [-0.25, -0.2) is 19.2 Å². The Labute approximate surface area is 163 Å². The fourth-order valence-electron chi connectivity index (χ4n) is 2.96. The van der Waals surface area contributed by atoms with Crippen molar-refractivity contribution in [2.24, 2.45) is 0 Å². The molecule has 0 unspecified atom stereocenters. The molecule has 1 aromatic heterocycles. The first kappa shape index (κ1) is 21.3. The van der Waals surface area contributed by atoms with Gasteiger partial charge in [0.05, 0.1) is 11.8 Å². The molecule has 3 rings (SSSR count). The molecule has 28 heavy (non-hydrogen) atoms. The zero-order valence-electron chi connectivity index (χ0n) is 16.3. The summed E-state index contributed by atoms with van der Waals surface area (Å²) in [5.74, 6) is -1.37. The number of piperidine rings is 1. The number of hydrogen-bond acceptors (Lipinski definition) is 5. The minimum absolute atomic E-state index is 0.0479. The second-order valence-electron chi connectivity index (χ2n) is 6.20. The summed E-state index contributed by atoms with van der Waals surface area (Å²) in [6, 6.07) is 6.06. The van der Waals surface area contributed by atoms with E-state index in [-0.39, 0.29) is 29.2 Å². The van der Waals surface area contributed by atoms with Crippen molar-refractivity contribution in [2.75, 3.05) is 18.4 Å². The first-order valence-electron chi connectivity index (χ1n) is 9.32. The van der Waals surface area contributed by atoms with Gasteiger partial charge in [0.2, 0.25) is 11.9 Å². The van der Waals surface area contributed by atoms with Gasteiger partial charge < -0.3 is 15.3 Å². The summed E-state index contributed by atoms with van der Waals surface area (Å²) in [4.78, 5) is 32.5. The predicted octanol–water partition coefficient (Wildman–Crippen LogP) is 3.43. The SMILES string of the molecule is CC.CC(=O)N1CCC(Nc2ncc(F)c(-c3cccc(C(=O)O)c3)n2)CC1. The maximum atomic E-state index is 14.2. The number of aromatic carboxylic acids is 1. The molecular formula is C20H25FN4O3. The highest BCUT2D eigenvalue weighted by Gasteiger charge is 2.21. The Kier molecular flexibility index (Phi) is 7.43. The molecule has 0 radical (unpaired) electrons. The quantitative estimate of drug-likeness (QED) is 0.833. The van der Waals surface area contributed by atoms with Gasteiger partial charge in [-0.2, -0.15) is 0 Å². The molecule has 0 bridgehead atoms. The van der Waals surface area contributed by atoms with Crippen molar-refractivity contribution in [1.29, 1.82) is 0 Å². The topological polar surface area (TPSA) is 95.4 Å². The molecule has 1 aliphatic heterocycles. The zero-order valence-corrected chi connectivity index (χ0v) is 16.3. The third kappa shape index (κ3) is 5.25. The number of hydrogen-bond donors (Lipinski definition) is 2. The van der Waals surface area contributed by atoms with Gasteiger partial charge in [0, 0.05) is 31.6 Å². The summed E-state index contributed by atoms with van der Waals surface area (Å²) in [5, 5.41) is 12.3. The normalized spacial score (nSPS) is 14.1. The minimum Gasteiger partial charge on any atom is -0.478 e. The summed E-state index contributed by atoms with van der Waals surface area (Å²) in [6.07, 6.45) is 2.58. The number of rotatable bonds is 4. The van der Waals surface area contributed by atoms with E-state index in [1.54, 1.807) is 24.0 Å². The Hall–Kier alpha value is -3.03. The van der Waals surface area contributed by atoms with E-state index >= 15 is 0 Å². The number of carboxylic acids is 1. The van der Waals surface area contributed by atoms with Crippen molar-refractivity contribution in [2.45, 2.75) is 39.7 Å². The second kappa shape index (κ2) is 9.77. The highest BCUT2D eigenvalue weighted by molar-refractivity contribution is 5.89. The molecule has 1 aromatic carbocycles. The number of nitrogens with one attached hydrogen (secondary N) is 1. The van der Waals surface area contributed by atoms with Crippen LogP contribution in [0.3, 0.4) is 0 Å². The molecule has 2 heterocycles. The molecule has 0 atom stereocenters. The summed E-state index contributed by atoms with van der Waals surface area (Å²) in [6.45, 7) is 6.86. The minimum atomic E-state index is -1.09. The summed E-state index contributed by atoms with van der Waals surface area (Å²) in [5.41, 5.74) is 0.484. The second-order valence-corrected chi connectivity index (χ2v) is 6.20. The van der Waals surface area contributed by atoms with Gasteiger partial charge in [0.15, 0.2) is 5.82 Å². The number of benzene rings is 1. The number of anilines is 1. The van der Waals surface area contributed by atoms with Crippen LogP contribution in [0.5, 0.6) is 0 Å². The highest BCUT2D eigenvalue weighted by atomic mass is 19.1. The van der Waals surface area contributed by atoms with E-state index in [9.17, 15) is 14.0 Å². The van der Waals surface area contributed by atoms with Gasteiger partial charge in [-0.05, 0) is 25.0 Å². The number of nitrogens with zero attached hydrogens (tertiary/aromatic N) is 3. The van der Waals surface area contributed by atoms with E-state index in [4.69, 9.17) is 5.11 Å². The van der Waals surface area contributed by atoms with Crippen LogP contribution in [0.25, 0.3) is 11.3 Å². The smallest absolute Gasteiger partial charge is 0.335 e. The lowest BCUT2D eigenvalue weighted by atomic mass is 10.1. The van der Waals surface area contributed by atoms with Crippen LogP contribution in [-0.2, 0) is 4.79 Å². The molecule has 0 aliphatic carbocycles. The van der Waals surface area contributed by atoms with Crippen LogP contribution >= 0.6 is 0 Å². The number of carboxylic acid groups (broad SMARTS) is 1. The van der Waals surface area contributed by atoms with E-state index in [0.717, 1.165) is 19.0 Å². The maximum absolute atomic E-state index is 14.2. The average molecular weight is 388 g/mol. The number of likely N-dealkylation sites (tertiary alicyclic amines) is 1. The van der Waals surface area contributed by atoms with Crippen LogP contribution in [0, 0.1) is 5.82 Å². The number of amides is 1. The Bertz CT molecular complexity index is 836. The van der Waals surface area contributed by atoms with Crippen molar-refractivity contribution >= 4 is 17.8 Å². The number of aromatic nitrogens is 2. The highest BCUT2D eigenvalue weighted by Crippen LogP contribution is 2.23. The van der Waals surface area contributed by atoms with E-state index < -0.39 is 11.8 Å². The molecule has 1 fully saturated rings. The van der Waals surface area contributed by atoms with Crippen molar-refractivity contribution in [3.05, 3.63) is 41.8 Å². The van der Waals surface area contributed by atoms with E-state index in [2.05, 4.69) is 15.3 Å². The molecule has 8 heteroatoms. The molecule has 1 saturated heterocycles. The van der Waals surface area contributed by atoms with Crippen LogP contribution in [0.4, 0.5) is 10.3 Å². The van der Waals surface area contributed by atoms with Gasteiger partial charge in [-0.15, -0.1) is 0 Å². The molecule has 2 aromatic rings. The summed E-state index contributed by atoms with van der Waals surface area (Å²) < 4.78 is 14.2. The number of carbonyl (C=O) groups is 2. The lowest BCUT2D eigenvalue weighted by Gasteiger charge is -2.31. The zero-order chi connectivity index (χ0) is 20.7. The first-order chi connectivity index (χ1) is 13.4. The van der Waals surface area contributed by atoms with Crippen LogP contribution in [0.1, 0.15) is 44.0 Å². The van der Waals surface area contributed by atoms with E-state index in [1.165, 1.54) is 12.1 Å². The Morgan fingerprint density at radius 1 is 1.25 bits per heavy atom. The Balaban J connectivity index is 0.00000136. The number of carbonyl (C=O) groups excluding carboxylic acids is 1. The predicted molar refractivity (Wildman–Crippen MR) is 105 cm³/mol. The fourth-order valence-corrected chi connectivity index (χ4v) is 2.96. The molecule has 2 N–H and O–H groups in total. The molecule has 150 valence electrons. The maximum Gasteiger partial charge on any atom is 0.335 e. The lowest BCUT2D eigenvalue weighted by molar-refractivity contribution is -0.129. The Morgan fingerprint density at radius 3 is 2.54 bits per heavy atom. The van der Waals surface area contributed by atoms with E-state index in [0.29, 0.717) is 18.7 Å². The molecule has 1 aliphatic rings. The molecule has 0 saturated carbocycles. The first-order valence-corrected chi connectivity index (χ1v) is 9.32. The lowest BCUT2D eigenvalue weighted by Crippen LogP contribution is -2.41. The van der Waals surface area contributed by atoms with Gasteiger partial charge in [0.1, 0.15) is 5.69 Å². The largest absolute Gasteiger partial charge is 0.478 e. The number of halogens is 1. The van der Waals surface area contributed by atoms with Crippen LogP contribution in [0.2, 0.25) is 0 Å². The Morgan fingerprint density at radius 2 is 1.93 bits per heavy atom. The van der Waals surface area contributed by atoms with Crippen molar-refractivity contribution < 1.29 is 19.1 Å².